The van der Waals surface area contributed by atoms with Gasteiger partial charge in [-0.25, -0.2) is 8.42 Å². The van der Waals surface area contributed by atoms with Gasteiger partial charge in [-0.15, -0.1) is 0 Å². The molecule has 0 aliphatic carbocycles. The van der Waals surface area contributed by atoms with Gasteiger partial charge >= 0.3 is 0 Å². The van der Waals surface area contributed by atoms with Gasteiger partial charge in [-0.1, -0.05) is 0 Å². The summed E-state index contributed by atoms with van der Waals surface area (Å²) in [6, 6.07) is 1.84. The van der Waals surface area contributed by atoms with E-state index in [1.54, 1.807) is 11.1 Å². The first-order valence-electron chi connectivity index (χ1n) is 9.70. The summed E-state index contributed by atoms with van der Waals surface area (Å²) in [7, 11) is 0.818. The lowest BCUT2D eigenvalue weighted by Gasteiger charge is -2.34. The number of nitrogens with two attached hydrogens (primary N) is 1. The molecule has 1 amide bonds. The normalized spacial score (nSPS) is 23.0. The van der Waals surface area contributed by atoms with Gasteiger partial charge in [0.25, 0.3) is 5.91 Å². The molecule has 0 aromatic rings. The Bertz CT molecular complexity index is 707. The van der Waals surface area contributed by atoms with Crippen LogP contribution in [0.1, 0.15) is 6.42 Å². The van der Waals surface area contributed by atoms with Gasteiger partial charge < -0.3 is 20.4 Å². The Hall–Kier alpha value is -1.67. The van der Waals surface area contributed by atoms with Crippen LogP contribution in [-0.4, -0.2) is 118 Å². The monoisotopic (exact) mass is 412 g/mol. The zero-order valence-corrected chi connectivity index (χ0v) is 17.7. The van der Waals surface area contributed by atoms with Gasteiger partial charge in [0, 0.05) is 64.6 Å². The fourth-order valence-corrected chi connectivity index (χ4v) is 5.27. The van der Waals surface area contributed by atoms with E-state index >= 15 is 0 Å². The van der Waals surface area contributed by atoms with E-state index in [4.69, 9.17) is 5.73 Å². The van der Waals surface area contributed by atoms with Gasteiger partial charge in [-0.05, 0) is 20.5 Å². The van der Waals surface area contributed by atoms with Crippen molar-refractivity contribution in [2.24, 2.45) is 5.73 Å². The first kappa shape index (κ1) is 22.6. The number of nitrogens with zero attached hydrogens (tertiary/aromatic N) is 5. The first-order valence-corrected chi connectivity index (χ1v) is 11.5. The van der Waals surface area contributed by atoms with Crippen LogP contribution in [-0.2, 0) is 14.6 Å². The van der Waals surface area contributed by atoms with Crippen LogP contribution in [0.5, 0.6) is 0 Å². The molecule has 9 nitrogen and oxygen atoms in total. The fourth-order valence-electron chi connectivity index (χ4n) is 3.53. The van der Waals surface area contributed by atoms with E-state index in [2.05, 4.69) is 4.90 Å². The number of hydrogen-bond donors (Lipinski definition) is 1. The van der Waals surface area contributed by atoms with E-state index in [1.807, 2.05) is 30.0 Å². The minimum atomic E-state index is -3.05. The van der Waals surface area contributed by atoms with Gasteiger partial charge in [0.15, 0.2) is 9.84 Å². The zero-order valence-electron chi connectivity index (χ0n) is 16.9. The average Bonchev–Trinajstić information content (AvgIpc) is 3.02. The molecule has 1 unspecified atom stereocenters. The van der Waals surface area contributed by atoms with Crippen LogP contribution in [0.2, 0.25) is 0 Å². The molecular weight excluding hydrogens is 380 g/mol. The number of likely N-dealkylation sites (N-methyl/N-ethyl adjacent to an activating group) is 1. The lowest BCUT2D eigenvalue weighted by atomic mass is 10.2. The lowest BCUT2D eigenvalue weighted by molar-refractivity contribution is -0.128. The molecular formula is C18H32N6O3S. The van der Waals surface area contributed by atoms with E-state index in [9.17, 15) is 18.5 Å². The maximum absolute atomic E-state index is 12.8. The predicted octanol–water partition coefficient (Wildman–Crippen LogP) is -1.45. The molecule has 2 aliphatic rings. The average molecular weight is 413 g/mol. The Balaban J connectivity index is 2.10. The summed E-state index contributed by atoms with van der Waals surface area (Å²) >= 11 is 0. The van der Waals surface area contributed by atoms with Crippen LogP contribution < -0.4 is 5.73 Å². The predicted molar refractivity (Wildman–Crippen MR) is 108 cm³/mol. The van der Waals surface area contributed by atoms with Crippen molar-refractivity contribution in [3.63, 3.8) is 0 Å². The lowest BCUT2D eigenvalue weighted by Crippen LogP contribution is -2.50. The van der Waals surface area contributed by atoms with E-state index in [0.29, 0.717) is 39.1 Å². The number of amides is 1. The Labute approximate surface area is 168 Å². The van der Waals surface area contributed by atoms with Crippen molar-refractivity contribution in [3.8, 4) is 6.07 Å². The molecule has 0 bridgehead atoms. The van der Waals surface area contributed by atoms with Crippen LogP contribution in [0.25, 0.3) is 0 Å². The van der Waals surface area contributed by atoms with Crippen LogP contribution in [0.3, 0.4) is 0 Å². The topological polar surface area (TPSA) is 114 Å². The molecule has 2 aliphatic heterocycles. The number of sulfone groups is 1. The zero-order chi connectivity index (χ0) is 20.7. The van der Waals surface area contributed by atoms with Crippen LogP contribution in [0, 0.1) is 11.3 Å². The molecule has 2 fully saturated rings. The van der Waals surface area contributed by atoms with Crippen LogP contribution in [0.15, 0.2) is 11.8 Å². The molecule has 158 valence electrons. The van der Waals surface area contributed by atoms with Crippen LogP contribution in [0.4, 0.5) is 0 Å². The van der Waals surface area contributed by atoms with Gasteiger partial charge in [0.05, 0.1) is 11.5 Å². The SMILES string of the molecule is CN(C)CCN(/C=C(/C#N)C(=O)N1CCN(CCN)CC1)C1CCS(=O)(=O)C1. The van der Waals surface area contributed by atoms with Crippen LogP contribution >= 0.6 is 0 Å². The number of piperazine rings is 1. The van der Waals surface area contributed by atoms with Crippen molar-refractivity contribution in [1.29, 1.82) is 5.26 Å². The summed E-state index contributed by atoms with van der Waals surface area (Å²) in [4.78, 5) is 20.6. The molecule has 2 rings (SSSR count). The summed E-state index contributed by atoms with van der Waals surface area (Å²) in [6.45, 7) is 5.27. The van der Waals surface area contributed by atoms with Crippen molar-refractivity contribution < 1.29 is 13.2 Å². The summed E-state index contributed by atoms with van der Waals surface area (Å²) in [5.74, 6) is -0.0598. The van der Waals surface area contributed by atoms with Gasteiger partial charge in [0.1, 0.15) is 11.6 Å². The molecule has 28 heavy (non-hydrogen) atoms. The summed E-state index contributed by atoms with van der Waals surface area (Å²) in [6.07, 6.45) is 2.10. The Morgan fingerprint density at radius 2 is 1.93 bits per heavy atom. The second kappa shape index (κ2) is 10.2. The van der Waals surface area contributed by atoms with Gasteiger partial charge in [0.2, 0.25) is 0 Å². The molecule has 2 saturated heterocycles. The van der Waals surface area contributed by atoms with Crippen molar-refractivity contribution in [2.45, 2.75) is 12.5 Å². The molecule has 1 atom stereocenters. The molecule has 0 spiro atoms. The third-order valence-electron chi connectivity index (χ3n) is 5.23. The Morgan fingerprint density at radius 1 is 1.25 bits per heavy atom. The molecule has 2 N–H and O–H groups in total. The highest BCUT2D eigenvalue weighted by Crippen LogP contribution is 2.19. The highest BCUT2D eigenvalue weighted by atomic mass is 32.2. The summed E-state index contributed by atoms with van der Waals surface area (Å²) in [5, 5.41) is 9.59. The highest BCUT2D eigenvalue weighted by molar-refractivity contribution is 7.91. The molecule has 0 aromatic heterocycles. The molecule has 10 heteroatoms. The minimum absolute atomic E-state index is 0.0651. The van der Waals surface area contributed by atoms with Crippen molar-refractivity contribution in [3.05, 3.63) is 11.8 Å². The number of nitriles is 1. The van der Waals surface area contributed by atoms with E-state index in [0.717, 1.165) is 19.6 Å². The fraction of sp³-hybridized carbons (Fsp3) is 0.778. The highest BCUT2D eigenvalue weighted by Gasteiger charge is 2.32. The van der Waals surface area contributed by atoms with Crippen molar-refractivity contribution in [1.82, 2.24) is 19.6 Å². The maximum Gasteiger partial charge on any atom is 0.266 e. The molecule has 2 heterocycles. The standard InChI is InChI=1S/C18H32N6O3S/c1-21(2)6-9-24(17-3-12-28(26,27)15-17)14-16(13-20)18(25)23-10-7-22(5-4-19)8-11-23/h14,17H,3-12,15,19H2,1-2H3/b16-14-. The third kappa shape index (κ3) is 6.44. The quantitative estimate of drug-likeness (QED) is 0.380. The molecule has 0 saturated carbocycles. The van der Waals surface area contributed by atoms with E-state index in [-0.39, 0.29) is 29.0 Å². The van der Waals surface area contributed by atoms with Crippen molar-refractivity contribution in [2.75, 3.05) is 78.0 Å². The smallest absolute Gasteiger partial charge is 0.266 e. The second-order valence-electron chi connectivity index (χ2n) is 7.68. The van der Waals surface area contributed by atoms with E-state index in [1.165, 1.54) is 0 Å². The first-order chi connectivity index (χ1) is 13.3. The Kier molecular flexibility index (Phi) is 8.24. The van der Waals surface area contributed by atoms with Gasteiger partial charge in [-0.2, -0.15) is 5.26 Å². The number of carbonyl (C=O) groups is 1. The number of carbonyl (C=O) groups excluding carboxylic acids is 1. The minimum Gasteiger partial charge on any atom is -0.371 e. The summed E-state index contributed by atoms with van der Waals surface area (Å²) < 4.78 is 23.8. The van der Waals surface area contributed by atoms with E-state index < -0.39 is 9.84 Å². The second-order valence-corrected chi connectivity index (χ2v) is 9.90. The number of rotatable bonds is 8. The Morgan fingerprint density at radius 3 is 2.43 bits per heavy atom. The van der Waals surface area contributed by atoms with Gasteiger partial charge in [-0.3, -0.25) is 9.69 Å². The number of hydrogen-bond acceptors (Lipinski definition) is 8. The van der Waals surface area contributed by atoms with Crippen molar-refractivity contribution >= 4 is 15.7 Å². The molecule has 0 aromatic carbocycles. The maximum atomic E-state index is 12.8. The largest absolute Gasteiger partial charge is 0.371 e. The third-order valence-corrected chi connectivity index (χ3v) is 6.98. The summed E-state index contributed by atoms with van der Waals surface area (Å²) in [5.41, 5.74) is 5.65. The molecule has 0 radical (unpaired) electrons.